The van der Waals surface area contributed by atoms with E-state index in [0.717, 1.165) is 16.7 Å². The predicted molar refractivity (Wildman–Crippen MR) is 98.9 cm³/mol. The molecule has 0 saturated heterocycles. The molecule has 0 aliphatic rings. The molecule has 0 spiro atoms. The highest BCUT2D eigenvalue weighted by Crippen LogP contribution is 2.36. The molecule has 0 aromatic heterocycles. The second-order valence-corrected chi connectivity index (χ2v) is 8.08. The monoisotopic (exact) mass is 381 g/mol. The van der Waals surface area contributed by atoms with Gasteiger partial charge in [0.05, 0.1) is 0 Å². The average Bonchev–Trinajstić information content (AvgIpc) is 2.51. The molecular weight excluding hydrogens is 357 g/mol. The Morgan fingerprint density at radius 2 is 1.69 bits per heavy atom. The fraction of sp³-hybridized carbons (Fsp3) is 0.333. The minimum atomic E-state index is -4.18. The first-order valence-electron chi connectivity index (χ1n) is 8.13. The molecule has 2 aromatic carbocycles. The standard InChI is InChI=1S/C18H24NO6P/c1-11(2)16-9-14(5-6-17(16)20)24-18-12(3)7-15(8-13(18)4)25-19-10-26(21,22)23/h5-9,11,19-20H,10H2,1-4H3,(H2,21,22,23). The van der Waals surface area contributed by atoms with E-state index < -0.39 is 13.9 Å². The van der Waals surface area contributed by atoms with Crippen molar-refractivity contribution in [2.24, 2.45) is 0 Å². The molecule has 0 atom stereocenters. The summed E-state index contributed by atoms with van der Waals surface area (Å²) in [6, 6.07) is 8.54. The van der Waals surface area contributed by atoms with Gasteiger partial charge in [0, 0.05) is 5.56 Å². The van der Waals surface area contributed by atoms with Gasteiger partial charge in [-0.15, -0.1) is 5.48 Å². The quantitative estimate of drug-likeness (QED) is 0.425. The number of nitrogens with one attached hydrogen (secondary N) is 1. The molecule has 4 N–H and O–H groups in total. The number of aromatic hydroxyl groups is 1. The molecule has 0 unspecified atom stereocenters. The van der Waals surface area contributed by atoms with Crippen LogP contribution in [0.15, 0.2) is 30.3 Å². The minimum absolute atomic E-state index is 0.164. The molecule has 0 saturated carbocycles. The Bertz CT molecular complexity index is 807. The number of benzene rings is 2. The summed E-state index contributed by atoms with van der Waals surface area (Å²) < 4.78 is 16.8. The van der Waals surface area contributed by atoms with Crippen LogP contribution in [0.2, 0.25) is 0 Å². The zero-order valence-corrected chi connectivity index (χ0v) is 16.1. The minimum Gasteiger partial charge on any atom is -0.508 e. The van der Waals surface area contributed by atoms with Crippen LogP contribution in [-0.4, -0.2) is 21.2 Å². The molecule has 0 amide bonds. The third-order valence-corrected chi connectivity index (χ3v) is 4.28. The molecule has 26 heavy (non-hydrogen) atoms. The summed E-state index contributed by atoms with van der Waals surface area (Å²) in [5.41, 5.74) is 4.67. The molecule has 0 fully saturated rings. The van der Waals surface area contributed by atoms with E-state index in [1.807, 2.05) is 33.8 Å². The Labute approximate surface area is 152 Å². The van der Waals surface area contributed by atoms with E-state index in [1.54, 1.807) is 24.3 Å². The Balaban J connectivity index is 2.18. The van der Waals surface area contributed by atoms with Crippen LogP contribution in [0.4, 0.5) is 0 Å². The number of hydrogen-bond acceptors (Lipinski definition) is 5. The smallest absolute Gasteiger partial charge is 0.342 e. The van der Waals surface area contributed by atoms with E-state index in [4.69, 9.17) is 19.4 Å². The van der Waals surface area contributed by atoms with Crippen molar-refractivity contribution >= 4 is 7.60 Å². The molecule has 142 valence electrons. The van der Waals surface area contributed by atoms with Crippen LogP contribution in [0, 0.1) is 13.8 Å². The second-order valence-electron chi connectivity index (χ2n) is 6.43. The van der Waals surface area contributed by atoms with Gasteiger partial charge in [-0.05, 0) is 61.2 Å². The largest absolute Gasteiger partial charge is 0.508 e. The van der Waals surface area contributed by atoms with Crippen molar-refractivity contribution in [2.75, 3.05) is 6.29 Å². The lowest BCUT2D eigenvalue weighted by Gasteiger charge is -2.16. The lowest BCUT2D eigenvalue weighted by molar-refractivity contribution is 0.204. The van der Waals surface area contributed by atoms with Gasteiger partial charge in [0.25, 0.3) is 0 Å². The zero-order chi connectivity index (χ0) is 19.5. The summed E-state index contributed by atoms with van der Waals surface area (Å²) in [7, 11) is -4.18. The molecule has 0 aliphatic carbocycles. The highest BCUT2D eigenvalue weighted by Gasteiger charge is 2.14. The third-order valence-electron chi connectivity index (χ3n) is 3.74. The fourth-order valence-corrected chi connectivity index (χ4v) is 2.74. The first-order valence-corrected chi connectivity index (χ1v) is 9.93. The van der Waals surface area contributed by atoms with Gasteiger partial charge >= 0.3 is 7.60 Å². The SMILES string of the molecule is Cc1cc(ONCP(=O)(O)O)cc(C)c1Oc1ccc(O)c(C(C)C)c1. The predicted octanol–water partition coefficient (Wildman–Crippen LogP) is 3.94. The molecule has 8 heteroatoms. The van der Waals surface area contributed by atoms with Crippen LogP contribution in [-0.2, 0) is 4.57 Å². The zero-order valence-electron chi connectivity index (χ0n) is 15.2. The highest BCUT2D eigenvalue weighted by atomic mass is 31.2. The van der Waals surface area contributed by atoms with Crippen molar-refractivity contribution in [2.45, 2.75) is 33.6 Å². The topological polar surface area (TPSA) is 108 Å². The number of phenolic OH excluding ortho intramolecular Hbond substituents is 1. The first-order chi connectivity index (χ1) is 12.1. The number of phenols is 1. The summed E-state index contributed by atoms with van der Waals surface area (Å²) in [4.78, 5) is 22.8. The van der Waals surface area contributed by atoms with Crippen LogP contribution < -0.4 is 15.1 Å². The normalized spacial score (nSPS) is 11.7. The second kappa shape index (κ2) is 8.10. The molecule has 2 rings (SSSR count). The summed E-state index contributed by atoms with van der Waals surface area (Å²) in [5.74, 6) is 2.10. The van der Waals surface area contributed by atoms with Crippen LogP contribution in [0.5, 0.6) is 23.0 Å². The van der Waals surface area contributed by atoms with Gasteiger partial charge in [0.15, 0.2) is 0 Å². The van der Waals surface area contributed by atoms with Crippen LogP contribution in [0.1, 0.15) is 36.5 Å². The average molecular weight is 381 g/mol. The van der Waals surface area contributed by atoms with Crippen molar-refractivity contribution in [3.05, 3.63) is 47.0 Å². The molecule has 7 nitrogen and oxygen atoms in total. The summed E-state index contributed by atoms with van der Waals surface area (Å²) in [5, 5.41) is 9.92. The van der Waals surface area contributed by atoms with Crippen LogP contribution in [0.3, 0.4) is 0 Å². The number of hydrogen-bond donors (Lipinski definition) is 4. The maximum Gasteiger partial charge on any atom is 0.342 e. The molecule has 0 radical (unpaired) electrons. The maximum atomic E-state index is 10.8. The Hall–Kier alpha value is -2.05. The van der Waals surface area contributed by atoms with E-state index in [0.29, 0.717) is 17.2 Å². The van der Waals surface area contributed by atoms with Gasteiger partial charge in [-0.25, -0.2) is 0 Å². The summed E-state index contributed by atoms with van der Waals surface area (Å²) in [6.07, 6.45) is -0.575. The van der Waals surface area contributed by atoms with Crippen molar-refractivity contribution in [1.29, 1.82) is 0 Å². The molecule has 2 aromatic rings. The molecular formula is C18H24NO6P. The number of hydroxylamine groups is 1. The van der Waals surface area contributed by atoms with Crippen molar-refractivity contribution in [1.82, 2.24) is 5.48 Å². The van der Waals surface area contributed by atoms with Crippen LogP contribution in [0.25, 0.3) is 0 Å². The molecule has 0 heterocycles. The van der Waals surface area contributed by atoms with E-state index in [-0.39, 0.29) is 11.7 Å². The number of aryl methyl sites for hydroxylation is 2. The van der Waals surface area contributed by atoms with Gasteiger partial charge in [0.1, 0.15) is 29.3 Å². The lowest BCUT2D eigenvalue weighted by Crippen LogP contribution is -2.19. The van der Waals surface area contributed by atoms with E-state index in [2.05, 4.69) is 5.48 Å². The van der Waals surface area contributed by atoms with Gasteiger partial charge in [-0.1, -0.05) is 13.8 Å². The molecule has 0 aliphatic heterocycles. The Morgan fingerprint density at radius 3 is 2.23 bits per heavy atom. The van der Waals surface area contributed by atoms with Gasteiger partial charge in [-0.3, -0.25) is 4.57 Å². The number of ether oxygens (including phenoxy) is 1. The van der Waals surface area contributed by atoms with Gasteiger partial charge < -0.3 is 24.5 Å². The third kappa shape index (κ3) is 5.47. The van der Waals surface area contributed by atoms with Crippen molar-refractivity contribution in [3.8, 4) is 23.0 Å². The fourth-order valence-electron chi connectivity index (χ4n) is 2.51. The van der Waals surface area contributed by atoms with E-state index >= 15 is 0 Å². The Morgan fingerprint density at radius 1 is 1.08 bits per heavy atom. The Kier molecular flexibility index (Phi) is 6.31. The van der Waals surface area contributed by atoms with Crippen molar-refractivity contribution < 1.29 is 29.0 Å². The highest BCUT2D eigenvalue weighted by molar-refractivity contribution is 7.51. The lowest BCUT2D eigenvalue weighted by atomic mass is 10.0. The van der Waals surface area contributed by atoms with Gasteiger partial charge in [0.2, 0.25) is 0 Å². The van der Waals surface area contributed by atoms with Gasteiger partial charge in [-0.2, -0.15) is 0 Å². The van der Waals surface area contributed by atoms with E-state index in [1.165, 1.54) is 0 Å². The maximum absolute atomic E-state index is 10.8. The van der Waals surface area contributed by atoms with Crippen molar-refractivity contribution in [3.63, 3.8) is 0 Å². The summed E-state index contributed by atoms with van der Waals surface area (Å²) >= 11 is 0. The molecule has 0 bridgehead atoms. The van der Waals surface area contributed by atoms with E-state index in [9.17, 15) is 9.67 Å². The first kappa shape index (κ1) is 20.3. The summed E-state index contributed by atoms with van der Waals surface area (Å²) in [6.45, 7) is 7.68. The number of rotatable bonds is 7. The van der Waals surface area contributed by atoms with Crippen LogP contribution >= 0.6 is 7.60 Å².